The largest absolute Gasteiger partial charge is 0.480 e. The standard InChI is InChI=1S/C10H20N2O2/c1-7-6-12(3)5-4-9(7)11-8(2)10(13)14/h7-9,11H,4-6H2,1-3H3,(H,13,14). The predicted molar refractivity (Wildman–Crippen MR) is 55.3 cm³/mol. The fourth-order valence-electron chi connectivity index (χ4n) is 1.99. The molecule has 1 rings (SSSR count). The molecule has 0 aromatic rings. The number of rotatable bonds is 3. The number of hydrogen-bond acceptors (Lipinski definition) is 3. The summed E-state index contributed by atoms with van der Waals surface area (Å²) in [5.41, 5.74) is 0. The van der Waals surface area contributed by atoms with Crippen molar-refractivity contribution in [2.24, 2.45) is 5.92 Å². The van der Waals surface area contributed by atoms with E-state index in [9.17, 15) is 4.79 Å². The van der Waals surface area contributed by atoms with Crippen LogP contribution in [0.4, 0.5) is 0 Å². The van der Waals surface area contributed by atoms with Crippen LogP contribution in [-0.2, 0) is 4.79 Å². The van der Waals surface area contributed by atoms with Crippen molar-refractivity contribution in [3.63, 3.8) is 0 Å². The Bertz CT molecular complexity index is 208. The van der Waals surface area contributed by atoms with E-state index in [-0.39, 0.29) is 0 Å². The number of nitrogens with one attached hydrogen (secondary N) is 1. The molecule has 82 valence electrons. The Morgan fingerprint density at radius 1 is 1.64 bits per heavy atom. The highest BCUT2D eigenvalue weighted by molar-refractivity contribution is 5.72. The van der Waals surface area contributed by atoms with Gasteiger partial charge in [-0.05, 0) is 32.9 Å². The predicted octanol–water partition coefficient (Wildman–Crippen LogP) is 0.389. The van der Waals surface area contributed by atoms with Crippen molar-refractivity contribution >= 4 is 5.97 Å². The van der Waals surface area contributed by atoms with E-state index < -0.39 is 12.0 Å². The molecule has 1 heterocycles. The van der Waals surface area contributed by atoms with E-state index >= 15 is 0 Å². The minimum atomic E-state index is -0.767. The van der Waals surface area contributed by atoms with Crippen LogP contribution < -0.4 is 5.32 Å². The number of aliphatic carboxylic acids is 1. The molecule has 1 aliphatic heterocycles. The summed E-state index contributed by atoms with van der Waals surface area (Å²) in [6.07, 6.45) is 1.04. The average molecular weight is 200 g/mol. The van der Waals surface area contributed by atoms with E-state index in [1.54, 1.807) is 6.92 Å². The maximum absolute atomic E-state index is 10.7. The zero-order chi connectivity index (χ0) is 10.7. The van der Waals surface area contributed by atoms with Crippen LogP contribution in [0.1, 0.15) is 20.3 Å². The van der Waals surface area contributed by atoms with Gasteiger partial charge in [0, 0.05) is 12.6 Å². The number of likely N-dealkylation sites (tertiary alicyclic amines) is 1. The van der Waals surface area contributed by atoms with Gasteiger partial charge in [-0.3, -0.25) is 4.79 Å². The number of hydrogen-bond donors (Lipinski definition) is 2. The Morgan fingerprint density at radius 3 is 2.79 bits per heavy atom. The molecule has 0 amide bonds. The summed E-state index contributed by atoms with van der Waals surface area (Å²) in [5, 5.41) is 11.9. The molecular weight excluding hydrogens is 180 g/mol. The number of carbonyl (C=O) groups is 1. The van der Waals surface area contributed by atoms with Crippen molar-refractivity contribution in [3.05, 3.63) is 0 Å². The summed E-state index contributed by atoms with van der Waals surface area (Å²) >= 11 is 0. The van der Waals surface area contributed by atoms with Gasteiger partial charge in [0.2, 0.25) is 0 Å². The SMILES string of the molecule is CC(NC1CCN(C)CC1C)C(=O)O. The molecule has 3 unspecified atom stereocenters. The van der Waals surface area contributed by atoms with E-state index in [4.69, 9.17) is 5.11 Å². The van der Waals surface area contributed by atoms with E-state index in [0.717, 1.165) is 19.5 Å². The number of carboxylic acids is 1. The third kappa shape index (κ3) is 2.96. The van der Waals surface area contributed by atoms with Crippen molar-refractivity contribution in [2.45, 2.75) is 32.4 Å². The van der Waals surface area contributed by atoms with E-state index in [1.807, 2.05) is 0 Å². The van der Waals surface area contributed by atoms with Gasteiger partial charge in [-0.15, -0.1) is 0 Å². The van der Waals surface area contributed by atoms with Gasteiger partial charge in [0.05, 0.1) is 0 Å². The summed E-state index contributed by atoms with van der Waals surface area (Å²) in [5.74, 6) is -0.244. The molecule has 2 N–H and O–H groups in total. The number of piperidine rings is 1. The molecule has 14 heavy (non-hydrogen) atoms. The molecule has 0 spiro atoms. The molecule has 1 fully saturated rings. The summed E-state index contributed by atoms with van der Waals surface area (Å²) in [4.78, 5) is 13.0. The second-order valence-electron chi connectivity index (χ2n) is 4.36. The third-order valence-electron chi connectivity index (χ3n) is 2.94. The topological polar surface area (TPSA) is 52.6 Å². The fraction of sp³-hybridized carbons (Fsp3) is 0.900. The van der Waals surface area contributed by atoms with Gasteiger partial charge in [-0.25, -0.2) is 0 Å². The summed E-state index contributed by atoms with van der Waals surface area (Å²) < 4.78 is 0. The van der Waals surface area contributed by atoms with Crippen LogP contribution >= 0.6 is 0 Å². The smallest absolute Gasteiger partial charge is 0.320 e. The molecule has 0 saturated carbocycles. The van der Waals surface area contributed by atoms with Crippen LogP contribution in [0.3, 0.4) is 0 Å². The van der Waals surface area contributed by atoms with E-state index in [2.05, 4.69) is 24.2 Å². The first kappa shape index (κ1) is 11.5. The van der Waals surface area contributed by atoms with Crippen LogP contribution in [-0.4, -0.2) is 48.2 Å². The molecule has 0 aromatic carbocycles. The normalized spacial score (nSPS) is 31.4. The zero-order valence-corrected chi connectivity index (χ0v) is 9.16. The number of carboxylic acid groups (broad SMARTS) is 1. The quantitative estimate of drug-likeness (QED) is 0.692. The fourth-order valence-corrected chi connectivity index (χ4v) is 1.99. The van der Waals surface area contributed by atoms with Gasteiger partial charge in [0.1, 0.15) is 6.04 Å². The van der Waals surface area contributed by atoms with Gasteiger partial charge in [0.25, 0.3) is 0 Å². The number of nitrogens with zero attached hydrogens (tertiary/aromatic N) is 1. The lowest BCUT2D eigenvalue weighted by atomic mass is 9.93. The van der Waals surface area contributed by atoms with Crippen LogP contribution in [0, 0.1) is 5.92 Å². The van der Waals surface area contributed by atoms with E-state index in [0.29, 0.717) is 12.0 Å². The summed E-state index contributed by atoms with van der Waals surface area (Å²) in [6.45, 7) is 5.97. The van der Waals surface area contributed by atoms with Gasteiger partial charge >= 0.3 is 5.97 Å². The molecule has 4 heteroatoms. The van der Waals surface area contributed by atoms with Gasteiger partial charge in [-0.2, -0.15) is 0 Å². The van der Waals surface area contributed by atoms with Gasteiger partial charge < -0.3 is 15.3 Å². The van der Waals surface area contributed by atoms with Crippen LogP contribution in [0.5, 0.6) is 0 Å². The van der Waals surface area contributed by atoms with Crippen molar-refractivity contribution in [1.82, 2.24) is 10.2 Å². The molecule has 3 atom stereocenters. The Labute approximate surface area is 85.3 Å². The minimum absolute atomic E-state index is 0.345. The first-order chi connectivity index (χ1) is 6.50. The highest BCUT2D eigenvalue weighted by Gasteiger charge is 2.26. The highest BCUT2D eigenvalue weighted by Crippen LogP contribution is 2.15. The van der Waals surface area contributed by atoms with Crippen LogP contribution in [0.2, 0.25) is 0 Å². The van der Waals surface area contributed by atoms with Gasteiger partial charge in [0.15, 0.2) is 0 Å². The monoisotopic (exact) mass is 200 g/mol. The second-order valence-corrected chi connectivity index (χ2v) is 4.36. The lowest BCUT2D eigenvalue weighted by Crippen LogP contribution is -2.51. The molecule has 1 saturated heterocycles. The van der Waals surface area contributed by atoms with Crippen molar-refractivity contribution in [3.8, 4) is 0 Å². The van der Waals surface area contributed by atoms with Crippen molar-refractivity contribution in [2.75, 3.05) is 20.1 Å². The van der Waals surface area contributed by atoms with Crippen molar-refractivity contribution in [1.29, 1.82) is 0 Å². The van der Waals surface area contributed by atoms with E-state index in [1.165, 1.54) is 0 Å². The first-order valence-corrected chi connectivity index (χ1v) is 5.18. The molecule has 0 bridgehead atoms. The lowest BCUT2D eigenvalue weighted by molar-refractivity contribution is -0.139. The van der Waals surface area contributed by atoms with Crippen LogP contribution in [0.15, 0.2) is 0 Å². The molecular formula is C10H20N2O2. The molecule has 0 aromatic heterocycles. The average Bonchev–Trinajstić information content (AvgIpc) is 2.09. The summed E-state index contributed by atoms with van der Waals surface area (Å²) in [6, 6.07) is -0.0943. The Hall–Kier alpha value is -0.610. The maximum atomic E-state index is 10.7. The molecule has 0 radical (unpaired) electrons. The summed E-state index contributed by atoms with van der Waals surface area (Å²) in [7, 11) is 2.10. The second kappa shape index (κ2) is 4.75. The Morgan fingerprint density at radius 2 is 2.29 bits per heavy atom. The molecule has 4 nitrogen and oxygen atoms in total. The zero-order valence-electron chi connectivity index (χ0n) is 9.16. The molecule has 0 aliphatic carbocycles. The molecule has 1 aliphatic rings. The first-order valence-electron chi connectivity index (χ1n) is 5.18. The maximum Gasteiger partial charge on any atom is 0.320 e. The minimum Gasteiger partial charge on any atom is -0.480 e. The Balaban J connectivity index is 2.41. The third-order valence-corrected chi connectivity index (χ3v) is 2.94. The Kier molecular flexibility index (Phi) is 3.89. The highest BCUT2D eigenvalue weighted by atomic mass is 16.4. The van der Waals surface area contributed by atoms with Crippen LogP contribution in [0.25, 0.3) is 0 Å². The van der Waals surface area contributed by atoms with Gasteiger partial charge in [-0.1, -0.05) is 6.92 Å². The lowest BCUT2D eigenvalue weighted by Gasteiger charge is -2.36. The van der Waals surface area contributed by atoms with Crippen molar-refractivity contribution < 1.29 is 9.90 Å².